The monoisotopic (exact) mass is 1310 g/mol. The lowest BCUT2D eigenvalue weighted by atomic mass is 10.0. The van der Waals surface area contributed by atoms with E-state index in [-0.39, 0.29) is 67.6 Å². The average Bonchev–Trinajstić information content (AvgIpc) is 0.724. The van der Waals surface area contributed by atoms with Crippen molar-refractivity contribution in [3.05, 3.63) is 355 Å². The summed E-state index contributed by atoms with van der Waals surface area (Å²) in [7, 11) is 0. The van der Waals surface area contributed by atoms with Crippen LogP contribution in [0.4, 0.5) is 85.7 Å². The van der Waals surface area contributed by atoms with Crippen LogP contribution in [0, 0.1) is 53.7 Å². The Morgan fingerprint density at radius 1 is 0.235 bits per heavy atom. The van der Waals surface area contributed by atoms with Crippen LogP contribution in [0.5, 0.6) is 0 Å². The second-order valence-corrected chi connectivity index (χ2v) is 23.3. The highest BCUT2D eigenvalue weighted by atomic mass is 15.2. The molecular weight excluding hydrogens is 1260 g/mol. The molecule has 16 heteroatoms. The van der Waals surface area contributed by atoms with Gasteiger partial charge in [0.25, 0.3) is 17.2 Å². The van der Waals surface area contributed by atoms with E-state index in [1.807, 2.05) is 0 Å². The smallest absolute Gasteiger partial charge is 0.307 e. The molecule has 16 rings (SSSR count). The molecule has 474 valence electrons. The Morgan fingerprint density at radius 2 is 0.480 bits per heavy atom. The molecule has 16 aromatic rings. The lowest BCUT2D eigenvalue weighted by molar-refractivity contribution is 1.19. The van der Waals surface area contributed by atoms with Crippen LogP contribution in [0.2, 0.25) is 0 Å². The maximum absolute atomic E-state index is 9.30. The van der Waals surface area contributed by atoms with Gasteiger partial charge in [-0.1, -0.05) is 190 Å². The zero-order valence-corrected chi connectivity index (χ0v) is 54.0. The first kappa shape index (κ1) is 62.6. The lowest BCUT2D eigenvalue weighted by Gasteiger charge is -2.29. The SMILES string of the molecule is [C-]#[N+]c1nc2c(nc1C#N)c1nc(C#N)c(C#N)nc1c1nc([N+]#[C-])c([N+]#[C-])nc21.c1ccc(N(c2ccccc2)c2ccc(N(c3ccc(-c4ccc(N(c5ccc(N(c6ccccc6)c6ccccc6)cc5)c5cccc6ccccc56)cc4)cc3)c3cccc4ccccc34)cc2)cc1. The minimum atomic E-state index is -0.298. The maximum Gasteiger partial charge on any atom is 0.307 e. The van der Waals surface area contributed by atoms with E-state index >= 15 is 0 Å². The minimum Gasteiger partial charge on any atom is -0.370 e. The van der Waals surface area contributed by atoms with Crippen molar-refractivity contribution in [3.63, 3.8) is 0 Å². The highest BCUT2D eigenvalue weighted by Gasteiger charge is 2.29. The number of hydrogen-bond acceptors (Lipinski definition) is 13. The summed E-state index contributed by atoms with van der Waals surface area (Å²) in [5.41, 5.74) is 14.6. The first-order chi connectivity index (χ1) is 50.3. The summed E-state index contributed by atoms with van der Waals surface area (Å²) in [6.45, 7) is 21.7. The molecule has 0 aliphatic rings. The standard InChI is InChI=1S/C68H50N4.C18N12/c1-5-23-55(24-6-1)69(56-25-7-2-8-26-56)59-43-47-63(48-44-59)71(67-33-17-21-53-19-13-15-31-65(53)67)61-39-35-51(36-40-61)52-37-41-62(42-38-52)72(68-34-18-22-54-20-14-16-32-66(54)68)64-49-45-60(46-50-64)70(57-27-9-3-10-28-57)58-29-11-4-12-30-58;1-22-16-9(6-21)27-12-10-11(26-8(5-20)7(4-19)25-10)14-15(13(12)28-16)30-18(24-3)17(23-2)29-14/h1-50H;. The first-order valence-corrected chi connectivity index (χ1v) is 32.2. The minimum absolute atomic E-state index is 0.000622. The van der Waals surface area contributed by atoms with Crippen LogP contribution in [0.1, 0.15) is 17.1 Å². The van der Waals surface area contributed by atoms with Gasteiger partial charge in [0, 0.05) is 67.6 Å². The van der Waals surface area contributed by atoms with Gasteiger partial charge < -0.3 is 34.1 Å². The van der Waals surface area contributed by atoms with Crippen molar-refractivity contribution in [2.75, 3.05) is 19.6 Å². The number of rotatable bonds is 13. The third-order valence-corrected chi connectivity index (χ3v) is 17.3. The van der Waals surface area contributed by atoms with Crippen molar-refractivity contribution in [2.24, 2.45) is 0 Å². The van der Waals surface area contributed by atoms with E-state index < -0.39 is 0 Å². The normalized spacial score (nSPS) is 10.7. The van der Waals surface area contributed by atoms with E-state index in [0.29, 0.717) is 0 Å². The predicted molar refractivity (Wildman–Crippen MR) is 404 cm³/mol. The Labute approximate surface area is 586 Å². The Morgan fingerprint density at radius 3 is 0.794 bits per heavy atom. The van der Waals surface area contributed by atoms with Gasteiger partial charge in [-0.3, -0.25) is 0 Å². The molecule has 3 aromatic heterocycles. The number of para-hydroxylation sites is 4. The van der Waals surface area contributed by atoms with E-state index in [2.05, 4.69) is 367 Å². The van der Waals surface area contributed by atoms with Crippen molar-refractivity contribution >= 4 is 140 Å². The summed E-state index contributed by atoms with van der Waals surface area (Å²) >= 11 is 0. The zero-order valence-electron chi connectivity index (χ0n) is 54.0. The van der Waals surface area contributed by atoms with Crippen LogP contribution in [0.3, 0.4) is 0 Å². The fourth-order valence-electron chi connectivity index (χ4n) is 12.7. The fraction of sp³-hybridized carbons (Fsp3) is 0. The van der Waals surface area contributed by atoms with Gasteiger partial charge in [-0.15, -0.1) is 15.0 Å². The molecule has 0 fully saturated rings. The fourth-order valence-corrected chi connectivity index (χ4v) is 12.7. The topological polar surface area (TPSA) is 175 Å². The number of nitriles is 3. The number of fused-ring (bicyclic) bond motifs is 8. The molecule has 0 aliphatic heterocycles. The summed E-state index contributed by atoms with van der Waals surface area (Å²) in [6.07, 6.45) is 0. The maximum atomic E-state index is 9.30. The summed E-state index contributed by atoms with van der Waals surface area (Å²) < 4.78 is 0. The molecule has 0 bridgehead atoms. The molecular formula is C86H50N16. The number of nitrogens with zero attached hydrogens (tertiary/aromatic N) is 16. The number of anilines is 12. The molecule has 0 amide bonds. The molecule has 102 heavy (non-hydrogen) atoms. The molecule has 0 N–H and O–H groups in total. The second kappa shape index (κ2) is 27.7. The van der Waals surface area contributed by atoms with Crippen LogP contribution in [0.25, 0.3) is 80.3 Å². The molecule has 16 nitrogen and oxygen atoms in total. The van der Waals surface area contributed by atoms with Crippen molar-refractivity contribution in [1.82, 2.24) is 29.9 Å². The van der Waals surface area contributed by atoms with Crippen molar-refractivity contribution in [2.45, 2.75) is 0 Å². The Balaban J connectivity index is 0.000000234. The third kappa shape index (κ3) is 11.9. The highest BCUT2D eigenvalue weighted by Crippen LogP contribution is 2.45. The van der Waals surface area contributed by atoms with Crippen molar-refractivity contribution < 1.29 is 0 Å². The lowest BCUT2D eigenvalue weighted by Crippen LogP contribution is -2.12. The predicted octanol–water partition coefficient (Wildman–Crippen LogP) is 22.3. The van der Waals surface area contributed by atoms with Gasteiger partial charge in [0.1, 0.15) is 34.8 Å². The van der Waals surface area contributed by atoms with Crippen LogP contribution in [-0.4, -0.2) is 29.9 Å². The summed E-state index contributed by atoms with van der Waals surface area (Å²) in [6, 6.07) is 114. The number of aromatic nitrogens is 6. The number of benzene rings is 13. The zero-order chi connectivity index (χ0) is 69.5. The average molecular weight is 1310 g/mol. The summed E-state index contributed by atoms with van der Waals surface area (Å²) in [5, 5.41) is 32.7. The van der Waals surface area contributed by atoms with Gasteiger partial charge in [-0.05, 0) is 155 Å². The van der Waals surface area contributed by atoms with Gasteiger partial charge in [0.2, 0.25) is 11.0 Å². The van der Waals surface area contributed by atoms with Crippen LogP contribution < -0.4 is 19.6 Å². The first-order valence-electron chi connectivity index (χ1n) is 32.2. The van der Waals surface area contributed by atoms with E-state index in [9.17, 15) is 15.8 Å². The number of hydrogen-bond donors (Lipinski definition) is 0. The van der Waals surface area contributed by atoms with Crippen molar-refractivity contribution in [1.29, 1.82) is 15.8 Å². The molecule has 0 atom stereocenters. The van der Waals surface area contributed by atoms with E-state index in [1.54, 1.807) is 18.2 Å². The van der Waals surface area contributed by atoms with E-state index in [0.717, 1.165) is 79.4 Å². The Kier molecular flexibility index (Phi) is 17.0. The van der Waals surface area contributed by atoms with Gasteiger partial charge in [-0.2, -0.15) is 15.8 Å². The van der Waals surface area contributed by atoms with E-state index in [1.165, 1.54) is 21.5 Å². The molecule has 0 unspecified atom stereocenters. The Hall–Kier alpha value is -15.5. The third-order valence-electron chi connectivity index (χ3n) is 17.3. The Bertz CT molecular complexity index is 5440. The van der Waals surface area contributed by atoms with Gasteiger partial charge in [0.15, 0.2) is 17.1 Å². The van der Waals surface area contributed by atoms with Crippen LogP contribution in [-0.2, 0) is 0 Å². The summed E-state index contributed by atoms with van der Waals surface area (Å²) in [4.78, 5) is 43.7. The molecule has 0 saturated carbocycles. The molecule has 0 radical (unpaired) electrons. The van der Waals surface area contributed by atoms with Gasteiger partial charge in [0.05, 0.1) is 11.4 Å². The highest BCUT2D eigenvalue weighted by molar-refractivity contribution is 6.19. The summed E-state index contributed by atoms with van der Waals surface area (Å²) in [5.74, 6) is -0.890. The van der Waals surface area contributed by atoms with Gasteiger partial charge >= 0.3 is 5.82 Å². The molecule has 3 heterocycles. The second-order valence-electron chi connectivity index (χ2n) is 23.3. The molecule has 13 aromatic carbocycles. The van der Waals surface area contributed by atoms with Crippen molar-refractivity contribution in [3.8, 4) is 29.3 Å². The van der Waals surface area contributed by atoms with Crippen LogP contribution in [0.15, 0.2) is 303 Å². The molecule has 0 saturated heterocycles. The quantitative estimate of drug-likeness (QED) is 0.0788. The van der Waals surface area contributed by atoms with Gasteiger partial charge in [-0.25, -0.2) is 15.0 Å². The molecule has 0 aliphatic carbocycles. The molecule has 0 spiro atoms. The van der Waals surface area contributed by atoms with Crippen LogP contribution >= 0.6 is 0 Å². The van der Waals surface area contributed by atoms with E-state index in [4.69, 9.17) is 19.7 Å². The largest absolute Gasteiger partial charge is 0.370 e.